The van der Waals surface area contributed by atoms with Gasteiger partial charge >= 0.3 is 25.7 Å². The number of hydrogen-bond acceptors (Lipinski definition) is 9. The molecule has 0 fully saturated rings. The van der Waals surface area contributed by atoms with E-state index in [9.17, 15) is 0 Å². The maximum atomic E-state index is 6.73. The van der Waals surface area contributed by atoms with Gasteiger partial charge in [0, 0.05) is 5.04 Å². The highest BCUT2D eigenvalue weighted by Crippen LogP contribution is 2.29. The standard InChI is InChI=1S/C18H44O9Si5/c1-19-16-17-21-23-22-20-15-13-14-18-32(12,26-30(8,9)24-28(2,3)4)27-31(10,11)25-29(5,6)7/h13-15,18H2,1-12H3. The molecule has 190 valence electrons. The summed E-state index contributed by atoms with van der Waals surface area (Å²) in [5.74, 6) is 0. The zero-order chi connectivity index (χ0) is 25.1. The van der Waals surface area contributed by atoms with Gasteiger partial charge in [0.25, 0.3) is 0 Å². The molecule has 0 spiro atoms. The lowest BCUT2D eigenvalue weighted by Gasteiger charge is -2.43. The summed E-state index contributed by atoms with van der Waals surface area (Å²) < 4.78 is 30.8. The third-order valence-electron chi connectivity index (χ3n) is 3.43. The summed E-state index contributed by atoms with van der Waals surface area (Å²) in [5.41, 5.74) is 0. The molecule has 0 aliphatic heterocycles. The smallest absolute Gasteiger partial charge is 0.317 e. The molecular formula is C18H44O9Si5. The maximum Gasteiger partial charge on any atom is 0.317 e. The van der Waals surface area contributed by atoms with Crippen molar-refractivity contribution in [3.63, 3.8) is 0 Å². The van der Waals surface area contributed by atoms with Gasteiger partial charge in [0.15, 0.2) is 22.7 Å². The van der Waals surface area contributed by atoms with E-state index in [1.807, 2.05) is 0 Å². The first kappa shape index (κ1) is 32.0. The van der Waals surface area contributed by atoms with Crippen LogP contribution in [-0.2, 0) is 41.0 Å². The molecule has 0 aromatic carbocycles. The van der Waals surface area contributed by atoms with Gasteiger partial charge in [-0.25, -0.2) is 9.78 Å². The van der Waals surface area contributed by atoms with Crippen LogP contribution in [0.15, 0.2) is 0 Å². The molecule has 0 saturated carbocycles. The van der Waals surface area contributed by atoms with E-state index in [4.69, 9.17) is 21.3 Å². The molecule has 0 N–H and O–H groups in total. The molecule has 0 rings (SSSR count). The van der Waals surface area contributed by atoms with E-state index in [1.165, 1.54) is 7.11 Å². The minimum absolute atomic E-state index is 0.323. The highest BCUT2D eigenvalue weighted by molar-refractivity contribution is 6.90. The van der Waals surface area contributed by atoms with Crippen LogP contribution in [0, 0.1) is 12.2 Å². The third kappa shape index (κ3) is 18.4. The maximum absolute atomic E-state index is 6.73. The van der Waals surface area contributed by atoms with Crippen LogP contribution in [0.25, 0.3) is 0 Å². The number of rotatable bonds is 16. The third-order valence-corrected chi connectivity index (χ3v) is 20.9. The Labute approximate surface area is 200 Å². The van der Waals surface area contributed by atoms with Gasteiger partial charge in [0.2, 0.25) is 6.11 Å². The second-order valence-corrected chi connectivity index (χ2v) is 30.6. The molecule has 14 heteroatoms. The van der Waals surface area contributed by atoms with Crippen molar-refractivity contribution in [2.45, 2.75) is 90.9 Å². The molecule has 0 aliphatic carbocycles. The van der Waals surface area contributed by atoms with E-state index in [1.54, 1.807) is 0 Å². The zero-order valence-corrected chi connectivity index (χ0v) is 27.0. The lowest BCUT2D eigenvalue weighted by molar-refractivity contribution is -0.618. The second-order valence-electron chi connectivity index (χ2n) is 10.5. The van der Waals surface area contributed by atoms with Crippen LogP contribution >= 0.6 is 0 Å². The van der Waals surface area contributed by atoms with E-state index in [0.717, 1.165) is 18.9 Å². The van der Waals surface area contributed by atoms with E-state index >= 15 is 0 Å². The molecular weight excluding hydrogens is 501 g/mol. The lowest BCUT2D eigenvalue weighted by atomic mass is 10.4. The van der Waals surface area contributed by atoms with E-state index in [0.29, 0.717) is 6.61 Å². The van der Waals surface area contributed by atoms with Gasteiger partial charge < -0.3 is 21.2 Å². The van der Waals surface area contributed by atoms with E-state index < -0.39 is 42.3 Å². The minimum Gasteiger partial charge on any atom is -0.448 e. The highest BCUT2D eigenvalue weighted by Gasteiger charge is 2.46. The number of ether oxygens (including phenoxy) is 1. The molecule has 9 nitrogen and oxygen atoms in total. The van der Waals surface area contributed by atoms with Gasteiger partial charge in [0.05, 0.1) is 13.7 Å². The first-order valence-electron chi connectivity index (χ1n) is 10.8. The number of unbranched alkanes of at least 4 members (excludes halogenated alkanes) is 1. The minimum atomic E-state index is -2.58. The molecule has 0 heterocycles. The van der Waals surface area contributed by atoms with Crippen molar-refractivity contribution in [2.24, 2.45) is 0 Å². The van der Waals surface area contributed by atoms with Crippen molar-refractivity contribution in [3.05, 3.63) is 0 Å². The Hall–Kier alpha value is -0.0356. The summed E-state index contributed by atoms with van der Waals surface area (Å²) >= 11 is 0. The van der Waals surface area contributed by atoms with Crippen molar-refractivity contribution in [2.75, 3.05) is 13.7 Å². The molecule has 0 aliphatic rings. The summed E-state index contributed by atoms with van der Waals surface area (Å²) in [4.78, 5) is 9.26. The first-order valence-corrected chi connectivity index (χ1v) is 25.8. The molecule has 0 bridgehead atoms. The van der Waals surface area contributed by atoms with Crippen LogP contribution < -0.4 is 0 Å². The van der Waals surface area contributed by atoms with Crippen LogP contribution in [-0.4, -0.2) is 56.0 Å². The average Bonchev–Trinajstić information content (AvgIpc) is 2.50. The molecule has 32 heavy (non-hydrogen) atoms. The molecule has 0 saturated heterocycles. The Balaban J connectivity index is 4.93. The quantitative estimate of drug-likeness (QED) is 0.0838. The Kier molecular flexibility index (Phi) is 13.7. The largest absolute Gasteiger partial charge is 0.448 e. The van der Waals surface area contributed by atoms with Crippen molar-refractivity contribution >= 4 is 42.3 Å². The Bertz CT molecular complexity index is 564. The molecule has 0 radical (unpaired) electrons. The predicted octanol–water partition coefficient (Wildman–Crippen LogP) is 5.35. The van der Waals surface area contributed by atoms with Gasteiger partial charge in [0.1, 0.15) is 0 Å². The monoisotopic (exact) mass is 544 g/mol. The van der Waals surface area contributed by atoms with Crippen molar-refractivity contribution in [3.8, 4) is 12.2 Å². The summed E-state index contributed by atoms with van der Waals surface area (Å²) in [7, 11) is -9.40. The van der Waals surface area contributed by atoms with Crippen LogP contribution in [0.5, 0.6) is 0 Å². The Morgan fingerprint density at radius 2 is 1.09 bits per heavy atom. The number of hydrogen-bond donors (Lipinski definition) is 0. The molecule has 0 aromatic rings. The van der Waals surface area contributed by atoms with Crippen molar-refractivity contribution in [1.29, 1.82) is 0 Å². The lowest BCUT2D eigenvalue weighted by Crippen LogP contribution is -2.59. The average molecular weight is 545 g/mol. The van der Waals surface area contributed by atoms with Crippen LogP contribution in [0.4, 0.5) is 0 Å². The number of methoxy groups -OCH3 is 1. The second kappa shape index (κ2) is 13.8. The molecule has 0 aromatic heterocycles. The van der Waals surface area contributed by atoms with Gasteiger partial charge in [-0.2, -0.15) is 0 Å². The van der Waals surface area contributed by atoms with Crippen LogP contribution in [0.1, 0.15) is 12.8 Å². The van der Waals surface area contributed by atoms with Gasteiger partial charge in [-0.15, -0.1) is 0 Å². The summed E-state index contributed by atoms with van der Waals surface area (Å²) in [6, 6.07) is 0.796. The predicted molar refractivity (Wildman–Crippen MR) is 136 cm³/mol. The zero-order valence-electron chi connectivity index (χ0n) is 22.0. The summed E-state index contributed by atoms with van der Waals surface area (Å²) in [5, 5.41) is 8.71. The van der Waals surface area contributed by atoms with Gasteiger partial charge in [-0.1, -0.05) is 0 Å². The first-order chi connectivity index (χ1) is 14.4. The van der Waals surface area contributed by atoms with Crippen LogP contribution in [0.3, 0.4) is 0 Å². The fraction of sp³-hybridized carbons (Fsp3) is 0.889. The van der Waals surface area contributed by atoms with E-state index in [2.05, 4.69) is 104 Å². The SMILES string of the molecule is COC#COOOOCCCC[Si](C)(O[Si](C)(C)O[Si](C)(C)C)O[Si](C)(C)O[Si](C)(C)C. The normalized spacial score (nSPS) is 13.5. The molecule has 0 atom stereocenters. The highest BCUT2D eigenvalue weighted by atomic mass is 28.5. The Morgan fingerprint density at radius 3 is 1.53 bits per heavy atom. The fourth-order valence-corrected chi connectivity index (χ4v) is 26.9. The summed E-state index contributed by atoms with van der Waals surface area (Å²) in [6.07, 6.45) is 5.84. The fourth-order valence-electron chi connectivity index (χ4n) is 3.43. The van der Waals surface area contributed by atoms with Gasteiger partial charge in [-0.05, 0) is 95.9 Å². The molecule has 0 amide bonds. The van der Waals surface area contributed by atoms with Crippen LogP contribution in [0.2, 0.25) is 78.1 Å². The van der Waals surface area contributed by atoms with Crippen molar-refractivity contribution in [1.82, 2.24) is 0 Å². The summed E-state index contributed by atoms with van der Waals surface area (Å²) in [6.45, 7) is 24.0. The topological polar surface area (TPSA) is 83.1 Å². The molecule has 0 unspecified atom stereocenters. The van der Waals surface area contributed by atoms with E-state index in [-0.39, 0.29) is 0 Å². The van der Waals surface area contributed by atoms with Gasteiger partial charge in [-0.3, -0.25) is 0 Å². The van der Waals surface area contributed by atoms with Crippen molar-refractivity contribution < 1.29 is 41.0 Å². The Morgan fingerprint density at radius 1 is 0.594 bits per heavy atom.